The lowest BCUT2D eigenvalue weighted by atomic mass is 10.1. The summed E-state index contributed by atoms with van der Waals surface area (Å²) in [5, 5.41) is 9.60. The number of aliphatic imine (C=N–C) groups is 1. The van der Waals surface area contributed by atoms with Gasteiger partial charge in [0, 0.05) is 38.9 Å². The van der Waals surface area contributed by atoms with Gasteiger partial charge in [0.15, 0.2) is 5.96 Å². The van der Waals surface area contributed by atoms with E-state index in [1.807, 2.05) is 24.3 Å². The topological polar surface area (TPSA) is 78.4 Å². The van der Waals surface area contributed by atoms with E-state index in [2.05, 4.69) is 25.9 Å². The Morgan fingerprint density at radius 1 is 1.19 bits per heavy atom. The second-order valence-corrected chi connectivity index (χ2v) is 5.76. The van der Waals surface area contributed by atoms with Crippen LogP contribution < -0.4 is 16.0 Å². The number of guanidine groups is 1. The van der Waals surface area contributed by atoms with Crippen molar-refractivity contribution in [3.05, 3.63) is 64.4 Å². The smallest absolute Gasteiger partial charge is 0.251 e. The number of hydrogen-bond acceptors (Lipinski definition) is 3. The van der Waals surface area contributed by atoms with Crippen molar-refractivity contribution in [1.82, 2.24) is 20.9 Å². The number of amides is 1. The standard InChI is InChI=1S/C18H22ClN5O.HI/c1-20-17(25)15-5-3-4-14(10-15)12-24-18(21-2)22-9-8-13-6-7-16(19)23-11-13;/h3-7,10-11H,8-9,12H2,1-2H3,(H,20,25)(H2,21,22,24);1H. The summed E-state index contributed by atoms with van der Waals surface area (Å²) < 4.78 is 0. The van der Waals surface area contributed by atoms with E-state index in [0.717, 1.165) is 24.1 Å². The first-order chi connectivity index (χ1) is 12.1. The molecule has 0 spiro atoms. The van der Waals surface area contributed by atoms with Gasteiger partial charge in [0.25, 0.3) is 5.91 Å². The fourth-order valence-corrected chi connectivity index (χ4v) is 2.36. The molecule has 8 heteroatoms. The van der Waals surface area contributed by atoms with Gasteiger partial charge in [0.2, 0.25) is 0 Å². The first-order valence-corrected chi connectivity index (χ1v) is 8.36. The molecule has 1 heterocycles. The molecule has 1 aromatic carbocycles. The summed E-state index contributed by atoms with van der Waals surface area (Å²) in [5.41, 5.74) is 2.75. The molecule has 6 nitrogen and oxygen atoms in total. The molecule has 1 amide bonds. The highest BCUT2D eigenvalue weighted by Gasteiger charge is 2.04. The lowest BCUT2D eigenvalue weighted by molar-refractivity contribution is 0.0963. The number of pyridine rings is 1. The minimum Gasteiger partial charge on any atom is -0.356 e. The fourth-order valence-electron chi connectivity index (χ4n) is 2.25. The first kappa shape index (κ1) is 22.2. The molecule has 1 aromatic heterocycles. The van der Waals surface area contributed by atoms with Gasteiger partial charge in [-0.1, -0.05) is 29.8 Å². The molecule has 0 bridgehead atoms. The number of hydrogen-bond donors (Lipinski definition) is 3. The third-order valence-corrected chi connectivity index (χ3v) is 3.82. The molecular weight excluding hydrogens is 465 g/mol. The zero-order valence-corrected chi connectivity index (χ0v) is 17.8. The molecule has 2 rings (SSSR count). The summed E-state index contributed by atoms with van der Waals surface area (Å²) in [5.74, 6) is 0.605. The van der Waals surface area contributed by atoms with Crippen LogP contribution in [0.2, 0.25) is 5.15 Å². The summed E-state index contributed by atoms with van der Waals surface area (Å²) in [7, 11) is 3.34. The van der Waals surface area contributed by atoms with Crippen LogP contribution in [0.5, 0.6) is 0 Å². The Labute approximate surface area is 175 Å². The second-order valence-electron chi connectivity index (χ2n) is 5.37. The zero-order chi connectivity index (χ0) is 18.1. The van der Waals surface area contributed by atoms with Crippen LogP contribution in [-0.4, -0.2) is 37.5 Å². The van der Waals surface area contributed by atoms with Crippen molar-refractivity contribution in [3.63, 3.8) is 0 Å². The van der Waals surface area contributed by atoms with E-state index in [4.69, 9.17) is 11.6 Å². The molecular formula is C18H23ClIN5O. The van der Waals surface area contributed by atoms with E-state index in [1.54, 1.807) is 32.4 Å². The van der Waals surface area contributed by atoms with Crippen molar-refractivity contribution in [1.29, 1.82) is 0 Å². The molecule has 0 atom stereocenters. The fraction of sp³-hybridized carbons (Fsp3) is 0.278. The Morgan fingerprint density at radius 3 is 2.65 bits per heavy atom. The molecule has 0 aliphatic rings. The van der Waals surface area contributed by atoms with Crippen molar-refractivity contribution in [2.24, 2.45) is 4.99 Å². The van der Waals surface area contributed by atoms with Crippen molar-refractivity contribution < 1.29 is 4.79 Å². The quantitative estimate of drug-likeness (QED) is 0.253. The maximum Gasteiger partial charge on any atom is 0.251 e. The summed E-state index contributed by atoms with van der Waals surface area (Å²) >= 11 is 5.78. The molecule has 2 aromatic rings. The Bertz CT molecular complexity index is 737. The van der Waals surface area contributed by atoms with Gasteiger partial charge in [-0.05, 0) is 35.7 Å². The van der Waals surface area contributed by atoms with E-state index >= 15 is 0 Å². The van der Waals surface area contributed by atoms with Crippen LogP contribution in [-0.2, 0) is 13.0 Å². The Morgan fingerprint density at radius 2 is 2.00 bits per heavy atom. The zero-order valence-electron chi connectivity index (χ0n) is 14.8. The predicted octanol–water partition coefficient (Wildman–Crippen LogP) is 2.62. The number of rotatable bonds is 6. The van der Waals surface area contributed by atoms with Crippen LogP contribution in [0.3, 0.4) is 0 Å². The third kappa shape index (κ3) is 7.17. The number of halogens is 2. The summed E-state index contributed by atoms with van der Waals surface area (Å²) in [6.07, 6.45) is 2.58. The number of aromatic nitrogens is 1. The van der Waals surface area contributed by atoms with Crippen molar-refractivity contribution in [2.75, 3.05) is 20.6 Å². The van der Waals surface area contributed by atoms with Crippen LogP contribution in [0.25, 0.3) is 0 Å². The van der Waals surface area contributed by atoms with Gasteiger partial charge in [0.05, 0.1) is 0 Å². The molecule has 3 N–H and O–H groups in total. The van der Waals surface area contributed by atoms with Crippen LogP contribution in [0.1, 0.15) is 21.5 Å². The highest BCUT2D eigenvalue weighted by molar-refractivity contribution is 14.0. The lowest BCUT2D eigenvalue weighted by Crippen LogP contribution is -2.37. The first-order valence-electron chi connectivity index (χ1n) is 7.98. The Balaban J connectivity index is 0.00000338. The minimum absolute atomic E-state index is 0. The SMILES string of the molecule is CN=C(NCCc1ccc(Cl)nc1)NCc1cccc(C(=O)NC)c1.I. The lowest BCUT2D eigenvalue weighted by Gasteiger charge is -2.12. The largest absolute Gasteiger partial charge is 0.356 e. The van der Waals surface area contributed by atoms with Gasteiger partial charge < -0.3 is 16.0 Å². The molecule has 0 fully saturated rings. The van der Waals surface area contributed by atoms with Crippen molar-refractivity contribution in [3.8, 4) is 0 Å². The van der Waals surface area contributed by atoms with E-state index in [9.17, 15) is 4.79 Å². The van der Waals surface area contributed by atoms with Gasteiger partial charge in [-0.25, -0.2) is 4.98 Å². The number of benzene rings is 1. The highest BCUT2D eigenvalue weighted by atomic mass is 127. The Kier molecular flexibility index (Phi) is 9.97. The maximum atomic E-state index is 11.7. The third-order valence-electron chi connectivity index (χ3n) is 3.59. The predicted molar refractivity (Wildman–Crippen MR) is 116 cm³/mol. The molecule has 0 aliphatic heterocycles. The summed E-state index contributed by atoms with van der Waals surface area (Å²) in [4.78, 5) is 19.9. The molecule has 26 heavy (non-hydrogen) atoms. The van der Waals surface area contributed by atoms with E-state index in [-0.39, 0.29) is 29.9 Å². The van der Waals surface area contributed by atoms with E-state index < -0.39 is 0 Å². The minimum atomic E-state index is -0.0964. The number of nitrogens with one attached hydrogen (secondary N) is 3. The molecule has 0 saturated carbocycles. The van der Waals surface area contributed by atoms with Gasteiger partial charge in [-0.3, -0.25) is 9.79 Å². The maximum absolute atomic E-state index is 11.7. The van der Waals surface area contributed by atoms with E-state index in [0.29, 0.717) is 23.2 Å². The molecule has 0 aliphatic carbocycles. The van der Waals surface area contributed by atoms with Crippen molar-refractivity contribution >= 4 is 47.4 Å². The molecule has 0 radical (unpaired) electrons. The van der Waals surface area contributed by atoms with Crippen LogP contribution in [0, 0.1) is 0 Å². The monoisotopic (exact) mass is 487 g/mol. The normalized spacial score (nSPS) is 10.7. The molecule has 140 valence electrons. The summed E-state index contributed by atoms with van der Waals surface area (Å²) in [6, 6.07) is 11.2. The van der Waals surface area contributed by atoms with Crippen LogP contribution in [0.4, 0.5) is 0 Å². The van der Waals surface area contributed by atoms with Crippen molar-refractivity contribution in [2.45, 2.75) is 13.0 Å². The van der Waals surface area contributed by atoms with Crippen LogP contribution in [0.15, 0.2) is 47.6 Å². The van der Waals surface area contributed by atoms with Gasteiger partial charge in [-0.2, -0.15) is 0 Å². The van der Waals surface area contributed by atoms with E-state index in [1.165, 1.54) is 0 Å². The summed E-state index contributed by atoms with van der Waals surface area (Å²) in [6.45, 7) is 1.30. The van der Waals surface area contributed by atoms with Crippen LogP contribution >= 0.6 is 35.6 Å². The number of nitrogens with zero attached hydrogens (tertiary/aromatic N) is 2. The highest BCUT2D eigenvalue weighted by Crippen LogP contribution is 2.06. The molecule has 0 unspecified atom stereocenters. The second kappa shape index (κ2) is 11.7. The van der Waals surface area contributed by atoms with Gasteiger partial charge >= 0.3 is 0 Å². The van der Waals surface area contributed by atoms with Gasteiger partial charge in [0.1, 0.15) is 5.15 Å². The number of carbonyl (C=O) groups is 1. The Hall–Kier alpha value is -1.87. The average Bonchev–Trinajstić information content (AvgIpc) is 2.65. The number of carbonyl (C=O) groups excluding carboxylic acids is 1. The average molecular weight is 488 g/mol. The van der Waals surface area contributed by atoms with Gasteiger partial charge in [-0.15, -0.1) is 24.0 Å². The molecule has 0 saturated heterocycles.